The predicted molar refractivity (Wildman–Crippen MR) is 139 cm³/mol. The summed E-state index contributed by atoms with van der Waals surface area (Å²) in [5, 5.41) is 12.1. The van der Waals surface area contributed by atoms with Gasteiger partial charge in [0.25, 0.3) is 5.56 Å². The number of nitrogens with one attached hydrogen (secondary N) is 1. The number of benzene rings is 3. The molecule has 6 nitrogen and oxygen atoms in total. The van der Waals surface area contributed by atoms with E-state index >= 15 is 0 Å². The monoisotopic (exact) mass is 483 g/mol. The zero-order valence-electron chi connectivity index (χ0n) is 17.8. The Bertz CT molecular complexity index is 1490. The first-order valence-electron chi connectivity index (χ1n) is 10.4. The first kappa shape index (κ1) is 21.8. The van der Waals surface area contributed by atoms with Gasteiger partial charge in [0.1, 0.15) is 0 Å². The predicted octanol–water partition coefficient (Wildman–Crippen LogP) is 6.12. The highest BCUT2D eigenvalue weighted by Crippen LogP contribution is 2.26. The van der Waals surface area contributed by atoms with E-state index in [1.807, 2.05) is 84.2 Å². The number of thiazole rings is 1. The Morgan fingerprint density at radius 2 is 1.59 bits per heavy atom. The maximum absolute atomic E-state index is 12.4. The summed E-state index contributed by atoms with van der Waals surface area (Å²) in [6.45, 7) is 0. The summed E-state index contributed by atoms with van der Waals surface area (Å²) < 4.78 is 1.40. The topological polar surface area (TPSA) is 72.2 Å². The molecule has 34 heavy (non-hydrogen) atoms. The van der Waals surface area contributed by atoms with Crippen LogP contribution in [0.5, 0.6) is 0 Å². The number of halogens is 1. The van der Waals surface area contributed by atoms with Gasteiger partial charge in [0.2, 0.25) is 5.13 Å². The van der Waals surface area contributed by atoms with Crippen molar-refractivity contribution in [1.29, 1.82) is 0 Å². The van der Waals surface area contributed by atoms with Gasteiger partial charge in [-0.05, 0) is 35.9 Å². The Kier molecular flexibility index (Phi) is 6.29. The van der Waals surface area contributed by atoms with Crippen LogP contribution in [0.2, 0.25) is 5.02 Å². The molecule has 0 aliphatic rings. The molecule has 0 bridgehead atoms. The van der Waals surface area contributed by atoms with Crippen molar-refractivity contribution < 1.29 is 0 Å². The third-order valence-electron chi connectivity index (χ3n) is 5.03. The van der Waals surface area contributed by atoms with Crippen molar-refractivity contribution in [2.45, 2.75) is 0 Å². The molecule has 2 heterocycles. The Labute approximate surface area is 204 Å². The molecule has 0 unspecified atom stereocenters. The molecule has 166 valence electrons. The maximum atomic E-state index is 12.4. The van der Waals surface area contributed by atoms with Crippen LogP contribution in [0.25, 0.3) is 28.2 Å². The second-order valence-electron chi connectivity index (χ2n) is 7.34. The lowest BCUT2D eigenvalue weighted by Gasteiger charge is -2.07. The van der Waals surface area contributed by atoms with Crippen LogP contribution in [0.1, 0.15) is 5.56 Å². The second-order valence-corrected chi connectivity index (χ2v) is 8.64. The molecule has 0 atom stereocenters. The summed E-state index contributed by atoms with van der Waals surface area (Å²) in [6.07, 6.45) is 1.70. The highest BCUT2D eigenvalue weighted by Gasteiger charge is 2.06. The average Bonchev–Trinajstić information content (AvgIpc) is 3.35. The first-order valence-corrected chi connectivity index (χ1v) is 11.7. The zero-order chi connectivity index (χ0) is 23.3. The van der Waals surface area contributed by atoms with E-state index in [-0.39, 0.29) is 5.56 Å². The fraction of sp³-hybridized carbons (Fsp3) is 0. The third-order valence-corrected chi connectivity index (χ3v) is 6.02. The van der Waals surface area contributed by atoms with E-state index in [1.165, 1.54) is 22.1 Å². The summed E-state index contributed by atoms with van der Waals surface area (Å²) in [6, 6.07) is 28.0. The number of hydrogen-bond donors (Lipinski definition) is 1. The van der Waals surface area contributed by atoms with Crippen molar-refractivity contribution in [1.82, 2.24) is 14.8 Å². The zero-order valence-corrected chi connectivity index (χ0v) is 19.4. The van der Waals surface area contributed by atoms with Gasteiger partial charge in [-0.3, -0.25) is 10.2 Å². The maximum Gasteiger partial charge on any atom is 0.271 e. The minimum absolute atomic E-state index is 0.192. The lowest BCUT2D eigenvalue weighted by atomic mass is 10.1. The number of hydrazone groups is 1. The SMILES string of the molecule is O=c1ccc(-c2ccccc2)nn1-c1ccc(/C=N\Nc2nc(-c3ccc(Cl)cc3)cs2)cc1. The highest BCUT2D eigenvalue weighted by atomic mass is 35.5. The Balaban J connectivity index is 1.28. The summed E-state index contributed by atoms with van der Waals surface area (Å²) in [7, 11) is 0. The van der Waals surface area contributed by atoms with Crippen molar-refractivity contribution in [2.24, 2.45) is 5.10 Å². The van der Waals surface area contributed by atoms with Crippen LogP contribution in [0, 0.1) is 0 Å². The smallest absolute Gasteiger partial charge is 0.267 e. The molecule has 0 radical (unpaired) electrons. The van der Waals surface area contributed by atoms with Crippen LogP contribution in [0.3, 0.4) is 0 Å². The van der Waals surface area contributed by atoms with Gasteiger partial charge in [-0.1, -0.05) is 66.2 Å². The van der Waals surface area contributed by atoms with Crippen LogP contribution in [-0.2, 0) is 0 Å². The van der Waals surface area contributed by atoms with Gasteiger partial charge < -0.3 is 0 Å². The van der Waals surface area contributed by atoms with Gasteiger partial charge in [-0.25, -0.2) is 4.98 Å². The van der Waals surface area contributed by atoms with Gasteiger partial charge >= 0.3 is 0 Å². The van der Waals surface area contributed by atoms with Gasteiger partial charge in [0.05, 0.1) is 23.3 Å². The van der Waals surface area contributed by atoms with Gasteiger partial charge in [-0.15, -0.1) is 11.3 Å². The highest BCUT2D eigenvalue weighted by molar-refractivity contribution is 7.14. The molecule has 0 saturated heterocycles. The van der Waals surface area contributed by atoms with E-state index in [4.69, 9.17) is 11.6 Å². The molecule has 0 fully saturated rings. The molecular formula is C26H18ClN5OS. The van der Waals surface area contributed by atoms with E-state index < -0.39 is 0 Å². The molecular weight excluding hydrogens is 466 g/mol. The van der Waals surface area contributed by atoms with Gasteiger partial charge in [0.15, 0.2) is 0 Å². The molecule has 2 aromatic heterocycles. The molecule has 1 N–H and O–H groups in total. The number of nitrogens with zero attached hydrogens (tertiary/aromatic N) is 4. The van der Waals surface area contributed by atoms with Gasteiger partial charge in [0, 0.05) is 27.6 Å². The molecule has 8 heteroatoms. The number of anilines is 1. The standard InChI is InChI=1S/C26H18ClN5OS/c27-21-10-8-20(9-11-21)24-17-34-26(29-24)30-28-16-18-6-12-22(13-7-18)32-25(33)15-14-23(31-32)19-4-2-1-3-5-19/h1-17H,(H,29,30)/b28-16-. The van der Waals surface area contributed by atoms with E-state index in [2.05, 4.69) is 20.6 Å². The van der Waals surface area contributed by atoms with Crippen molar-refractivity contribution in [3.05, 3.63) is 117 Å². The van der Waals surface area contributed by atoms with Crippen LogP contribution in [0.15, 0.2) is 106 Å². The molecule has 0 spiro atoms. The number of hydrogen-bond acceptors (Lipinski definition) is 6. The summed E-state index contributed by atoms with van der Waals surface area (Å²) in [5.74, 6) is 0. The van der Waals surface area contributed by atoms with Crippen LogP contribution >= 0.6 is 22.9 Å². The minimum atomic E-state index is -0.192. The van der Waals surface area contributed by atoms with E-state index in [0.717, 1.165) is 28.1 Å². The van der Waals surface area contributed by atoms with Crippen LogP contribution in [-0.4, -0.2) is 21.0 Å². The second kappa shape index (κ2) is 9.82. The summed E-state index contributed by atoms with van der Waals surface area (Å²) in [5.41, 5.74) is 7.86. The van der Waals surface area contributed by atoms with Crippen molar-refractivity contribution >= 4 is 34.3 Å². The Morgan fingerprint density at radius 3 is 2.35 bits per heavy atom. The average molecular weight is 484 g/mol. The Hall–Kier alpha value is -4.07. The van der Waals surface area contributed by atoms with E-state index in [9.17, 15) is 4.79 Å². The molecule has 3 aromatic carbocycles. The molecule has 0 aliphatic heterocycles. The fourth-order valence-electron chi connectivity index (χ4n) is 3.30. The van der Waals surface area contributed by atoms with Crippen molar-refractivity contribution in [2.75, 3.05) is 5.43 Å². The molecule has 0 amide bonds. The minimum Gasteiger partial charge on any atom is -0.267 e. The van der Waals surface area contributed by atoms with Crippen molar-refractivity contribution in [3.8, 4) is 28.2 Å². The van der Waals surface area contributed by atoms with E-state index in [1.54, 1.807) is 12.3 Å². The van der Waals surface area contributed by atoms with Gasteiger partial charge in [-0.2, -0.15) is 14.9 Å². The molecule has 0 saturated carbocycles. The van der Waals surface area contributed by atoms with Crippen LogP contribution < -0.4 is 11.0 Å². The van der Waals surface area contributed by atoms with Crippen LogP contribution in [0.4, 0.5) is 5.13 Å². The number of rotatable bonds is 6. The lowest BCUT2D eigenvalue weighted by molar-refractivity contribution is 0.812. The molecule has 0 aliphatic carbocycles. The number of aromatic nitrogens is 3. The van der Waals surface area contributed by atoms with E-state index in [0.29, 0.717) is 15.8 Å². The van der Waals surface area contributed by atoms with Crippen molar-refractivity contribution in [3.63, 3.8) is 0 Å². The fourth-order valence-corrected chi connectivity index (χ4v) is 4.10. The quantitative estimate of drug-likeness (QED) is 0.233. The first-order chi connectivity index (χ1) is 16.7. The molecule has 5 aromatic rings. The largest absolute Gasteiger partial charge is 0.271 e. The lowest BCUT2D eigenvalue weighted by Crippen LogP contribution is -2.20. The normalized spacial score (nSPS) is 11.1. The third kappa shape index (κ3) is 4.96. The summed E-state index contributed by atoms with van der Waals surface area (Å²) >= 11 is 7.42. The Morgan fingerprint density at radius 1 is 0.853 bits per heavy atom. The molecule has 5 rings (SSSR count). The summed E-state index contributed by atoms with van der Waals surface area (Å²) in [4.78, 5) is 16.9.